The molecule has 1 saturated heterocycles. The van der Waals surface area contributed by atoms with Gasteiger partial charge in [-0.3, -0.25) is 0 Å². The second-order valence-electron chi connectivity index (χ2n) is 5.32. The van der Waals surface area contributed by atoms with Crippen LogP contribution in [0.4, 0.5) is 0 Å². The molecule has 2 rings (SSSR count). The van der Waals surface area contributed by atoms with Crippen LogP contribution in [0.3, 0.4) is 0 Å². The molecule has 1 heterocycles. The average molecular weight is 312 g/mol. The zero-order chi connectivity index (χ0) is 15.5. The van der Waals surface area contributed by atoms with E-state index in [1.807, 2.05) is 14.0 Å². The van der Waals surface area contributed by atoms with E-state index in [-0.39, 0.29) is 6.04 Å². The summed E-state index contributed by atoms with van der Waals surface area (Å²) in [6.07, 6.45) is 2.76. The highest BCUT2D eigenvalue weighted by molar-refractivity contribution is 7.89. The van der Waals surface area contributed by atoms with Crippen LogP contribution in [0.1, 0.15) is 31.7 Å². The van der Waals surface area contributed by atoms with Crippen molar-refractivity contribution in [2.75, 3.05) is 20.7 Å². The summed E-state index contributed by atoms with van der Waals surface area (Å²) in [5.74, 6) is 0.705. The summed E-state index contributed by atoms with van der Waals surface area (Å²) >= 11 is 0. The fourth-order valence-electron chi connectivity index (χ4n) is 2.91. The van der Waals surface area contributed by atoms with Crippen molar-refractivity contribution in [2.45, 2.75) is 43.7 Å². The predicted octanol–water partition coefficient (Wildman–Crippen LogP) is 1.98. The number of nitrogens with one attached hydrogen (secondary N) is 1. The molecule has 0 spiro atoms. The van der Waals surface area contributed by atoms with Crippen molar-refractivity contribution in [1.29, 1.82) is 0 Å². The third-order valence-corrected chi connectivity index (χ3v) is 5.97. The van der Waals surface area contributed by atoms with E-state index in [4.69, 9.17) is 4.74 Å². The van der Waals surface area contributed by atoms with Crippen LogP contribution in [0, 0.1) is 0 Å². The first-order valence-electron chi connectivity index (χ1n) is 7.38. The molecule has 0 saturated carbocycles. The fraction of sp³-hybridized carbons (Fsp3) is 0.600. The van der Waals surface area contributed by atoms with Crippen LogP contribution >= 0.6 is 0 Å². The number of ether oxygens (including phenoxy) is 1. The number of benzene rings is 1. The maximum absolute atomic E-state index is 12.8. The van der Waals surface area contributed by atoms with Crippen molar-refractivity contribution in [2.24, 2.45) is 0 Å². The van der Waals surface area contributed by atoms with E-state index in [9.17, 15) is 8.42 Å². The van der Waals surface area contributed by atoms with E-state index in [1.165, 1.54) is 0 Å². The number of rotatable bonds is 6. The van der Waals surface area contributed by atoms with E-state index in [1.54, 1.807) is 29.6 Å². The quantitative estimate of drug-likeness (QED) is 0.872. The minimum atomic E-state index is -3.42. The number of methoxy groups -OCH3 is 1. The second-order valence-corrected chi connectivity index (χ2v) is 7.21. The predicted molar refractivity (Wildman–Crippen MR) is 83.0 cm³/mol. The molecule has 118 valence electrons. The van der Waals surface area contributed by atoms with Gasteiger partial charge in [0.15, 0.2) is 0 Å². The first-order chi connectivity index (χ1) is 10.0. The average Bonchev–Trinajstić information content (AvgIpc) is 2.96. The number of hydrogen-bond acceptors (Lipinski definition) is 4. The molecule has 1 N–H and O–H groups in total. The standard InChI is InChI=1S/C15H24N2O3S/c1-4-13-6-5-9-17(13)21(18,19)14-7-8-15(20-3)12(10-14)11-16-2/h7-8,10,13,16H,4-6,9,11H2,1-3H3. The molecule has 5 nitrogen and oxygen atoms in total. The Morgan fingerprint density at radius 1 is 1.43 bits per heavy atom. The highest BCUT2D eigenvalue weighted by atomic mass is 32.2. The highest BCUT2D eigenvalue weighted by Crippen LogP contribution is 2.30. The zero-order valence-electron chi connectivity index (χ0n) is 12.9. The monoisotopic (exact) mass is 312 g/mol. The third kappa shape index (κ3) is 3.22. The fourth-order valence-corrected chi connectivity index (χ4v) is 4.73. The lowest BCUT2D eigenvalue weighted by atomic mass is 10.2. The molecule has 1 aromatic rings. The maximum atomic E-state index is 12.8. The van der Waals surface area contributed by atoms with Crippen LogP contribution in [0.2, 0.25) is 0 Å². The maximum Gasteiger partial charge on any atom is 0.243 e. The first-order valence-corrected chi connectivity index (χ1v) is 8.82. The summed E-state index contributed by atoms with van der Waals surface area (Å²) in [5.41, 5.74) is 0.855. The van der Waals surface area contributed by atoms with Crippen LogP contribution in [0.5, 0.6) is 5.75 Å². The first kappa shape index (κ1) is 16.3. The lowest BCUT2D eigenvalue weighted by molar-refractivity contribution is 0.379. The minimum absolute atomic E-state index is 0.129. The summed E-state index contributed by atoms with van der Waals surface area (Å²) < 4.78 is 32.6. The van der Waals surface area contributed by atoms with Crippen molar-refractivity contribution >= 4 is 10.0 Å². The molecule has 1 unspecified atom stereocenters. The van der Waals surface area contributed by atoms with Gasteiger partial charge in [0, 0.05) is 24.7 Å². The molecule has 0 aliphatic carbocycles. The highest BCUT2D eigenvalue weighted by Gasteiger charge is 2.34. The second kappa shape index (κ2) is 6.77. The van der Waals surface area contributed by atoms with Gasteiger partial charge in [0.1, 0.15) is 5.75 Å². The summed E-state index contributed by atoms with van der Waals surface area (Å²) in [6, 6.07) is 5.22. The zero-order valence-corrected chi connectivity index (χ0v) is 13.7. The Kier molecular flexibility index (Phi) is 5.24. The van der Waals surface area contributed by atoms with Gasteiger partial charge < -0.3 is 10.1 Å². The molecule has 1 aromatic carbocycles. The van der Waals surface area contributed by atoms with Crippen LogP contribution in [-0.2, 0) is 16.6 Å². The van der Waals surface area contributed by atoms with Crippen molar-refractivity contribution in [3.63, 3.8) is 0 Å². The Bertz CT molecular complexity index is 587. The van der Waals surface area contributed by atoms with Crippen LogP contribution in [0.15, 0.2) is 23.1 Å². The van der Waals surface area contributed by atoms with Gasteiger partial charge in [0.25, 0.3) is 0 Å². The Labute approximate surface area is 127 Å². The van der Waals surface area contributed by atoms with Crippen LogP contribution in [-0.4, -0.2) is 39.5 Å². The van der Waals surface area contributed by atoms with Crippen molar-refractivity contribution in [3.05, 3.63) is 23.8 Å². The van der Waals surface area contributed by atoms with Crippen LogP contribution in [0.25, 0.3) is 0 Å². The Balaban J connectivity index is 2.38. The van der Waals surface area contributed by atoms with E-state index in [0.717, 1.165) is 24.8 Å². The Morgan fingerprint density at radius 2 is 2.19 bits per heavy atom. The lowest BCUT2D eigenvalue weighted by Crippen LogP contribution is -2.35. The molecule has 1 fully saturated rings. The van der Waals surface area contributed by atoms with E-state index in [2.05, 4.69) is 5.32 Å². The molecule has 1 aliphatic heterocycles. The summed E-state index contributed by atoms with van der Waals surface area (Å²) in [4.78, 5) is 0.355. The number of sulfonamides is 1. The molecule has 0 bridgehead atoms. The molecule has 0 amide bonds. The summed E-state index contributed by atoms with van der Waals surface area (Å²) in [6.45, 7) is 3.23. The minimum Gasteiger partial charge on any atom is -0.496 e. The molecule has 6 heteroatoms. The topological polar surface area (TPSA) is 58.6 Å². The smallest absolute Gasteiger partial charge is 0.243 e. The van der Waals surface area contributed by atoms with Gasteiger partial charge in [-0.15, -0.1) is 0 Å². The molecule has 0 aromatic heterocycles. The molecular weight excluding hydrogens is 288 g/mol. The van der Waals surface area contributed by atoms with Gasteiger partial charge in [-0.2, -0.15) is 4.31 Å². The molecule has 1 atom stereocenters. The largest absolute Gasteiger partial charge is 0.496 e. The number of hydrogen-bond donors (Lipinski definition) is 1. The molecule has 21 heavy (non-hydrogen) atoms. The van der Waals surface area contributed by atoms with Gasteiger partial charge in [0.05, 0.1) is 12.0 Å². The van der Waals surface area contributed by atoms with Gasteiger partial charge >= 0.3 is 0 Å². The van der Waals surface area contributed by atoms with Crippen molar-refractivity contribution in [1.82, 2.24) is 9.62 Å². The third-order valence-electron chi connectivity index (χ3n) is 4.02. The number of nitrogens with zero attached hydrogens (tertiary/aromatic N) is 1. The van der Waals surface area contributed by atoms with Crippen molar-refractivity contribution < 1.29 is 13.2 Å². The molecule has 1 aliphatic rings. The summed E-state index contributed by atoms with van der Waals surface area (Å²) in [5, 5.41) is 3.04. The Hall–Kier alpha value is -1.11. The normalized spacial score (nSPS) is 19.9. The SMILES string of the molecule is CCC1CCCN1S(=O)(=O)c1ccc(OC)c(CNC)c1. The van der Waals surface area contributed by atoms with Crippen LogP contribution < -0.4 is 10.1 Å². The van der Waals surface area contributed by atoms with E-state index < -0.39 is 10.0 Å². The molecule has 0 radical (unpaired) electrons. The van der Waals surface area contributed by atoms with Gasteiger partial charge in [-0.25, -0.2) is 8.42 Å². The van der Waals surface area contributed by atoms with Crippen molar-refractivity contribution in [3.8, 4) is 5.75 Å². The van der Waals surface area contributed by atoms with Gasteiger partial charge in [0.2, 0.25) is 10.0 Å². The molecular formula is C15H24N2O3S. The lowest BCUT2D eigenvalue weighted by Gasteiger charge is -2.23. The van der Waals surface area contributed by atoms with E-state index >= 15 is 0 Å². The van der Waals surface area contributed by atoms with E-state index in [0.29, 0.717) is 23.7 Å². The van der Waals surface area contributed by atoms with Gasteiger partial charge in [-0.1, -0.05) is 6.92 Å². The Morgan fingerprint density at radius 3 is 2.81 bits per heavy atom. The summed E-state index contributed by atoms with van der Waals surface area (Å²) in [7, 11) is 0.00531. The van der Waals surface area contributed by atoms with Gasteiger partial charge in [-0.05, 0) is 44.5 Å².